The van der Waals surface area contributed by atoms with Crippen molar-refractivity contribution in [1.82, 2.24) is 20.3 Å². The fourth-order valence-corrected chi connectivity index (χ4v) is 4.35. The number of carbonyl (C=O) groups is 2. The Bertz CT molecular complexity index is 1390. The van der Waals surface area contributed by atoms with Gasteiger partial charge in [-0.1, -0.05) is 17.3 Å². The van der Waals surface area contributed by atoms with Crippen molar-refractivity contribution in [3.63, 3.8) is 0 Å². The highest BCUT2D eigenvalue weighted by Crippen LogP contribution is 2.23. The molecule has 1 fully saturated rings. The number of carbonyl (C=O) groups excluding carboxylic acids is 2. The summed E-state index contributed by atoms with van der Waals surface area (Å²) in [5.41, 5.74) is 2.67. The summed E-state index contributed by atoms with van der Waals surface area (Å²) in [4.78, 5) is 27.3. The number of likely N-dealkylation sites (tertiary alicyclic amines) is 1. The fourth-order valence-electron chi connectivity index (χ4n) is 4.35. The molecular formula is C28H31N7O4. The second kappa shape index (κ2) is 12.3. The average Bonchev–Trinajstić information content (AvgIpc) is 3.71. The van der Waals surface area contributed by atoms with E-state index in [2.05, 4.69) is 36.2 Å². The minimum absolute atomic E-state index is 0.263. The van der Waals surface area contributed by atoms with Crippen LogP contribution in [0.2, 0.25) is 0 Å². The third-order valence-corrected chi connectivity index (χ3v) is 6.35. The Morgan fingerprint density at radius 3 is 2.46 bits per heavy atom. The molecule has 3 amide bonds. The van der Waals surface area contributed by atoms with Crippen LogP contribution in [0.4, 0.5) is 22.1 Å². The zero-order valence-electron chi connectivity index (χ0n) is 21.7. The Morgan fingerprint density at radius 1 is 0.974 bits per heavy atom. The molecule has 1 aliphatic heterocycles. The number of nitrogens with one attached hydrogen (secondary N) is 4. The van der Waals surface area contributed by atoms with Crippen molar-refractivity contribution in [1.29, 1.82) is 0 Å². The van der Waals surface area contributed by atoms with Gasteiger partial charge in [-0.2, -0.15) is 5.10 Å². The van der Waals surface area contributed by atoms with Crippen LogP contribution in [0.3, 0.4) is 0 Å². The molecule has 0 unspecified atom stereocenters. The number of anilines is 3. The van der Waals surface area contributed by atoms with Gasteiger partial charge in [-0.25, -0.2) is 4.79 Å². The van der Waals surface area contributed by atoms with Crippen LogP contribution in [0.15, 0.2) is 65.2 Å². The van der Waals surface area contributed by atoms with Gasteiger partial charge in [0, 0.05) is 29.9 Å². The first-order chi connectivity index (χ1) is 19.0. The summed E-state index contributed by atoms with van der Waals surface area (Å²) < 4.78 is 10.8. The molecule has 0 radical (unpaired) electrons. The van der Waals surface area contributed by atoms with E-state index in [0.717, 1.165) is 30.0 Å². The molecule has 2 aromatic heterocycles. The molecule has 0 bridgehead atoms. The Hall–Kier alpha value is -4.64. The minimum atomic E-state index is -0.431. The molecule has 0 saturated carbocycles. The van der Waals surface area contributed by atoms with Crippen LogP contribution in [0.5, 0.6) is 5.75 Å². The van der Waals surface area contributed by atoms with Gasteiger partial charge < -0.3 is 24.8 Å². The molecule has 202 valence electrons. The summed E-state index contributed by atoms with van der Waals surface area (Å²) in [6.07, 6.45) is 3.58. The molecule has 0 spiro atoms. The van der Waals surface area contributed by atoms with Crippen molar-refractivity contribution in [2.45, 2.75) is 26.2 Å². The fraction of sp³-hybridized carbons (Fsp3) is 0.286. The number of aryl methyl sites for hydroxylation is 1. The third kappa shape index (κ3) is 7.23. The molecule has 11 nitrogen and oxygen atoms in total. The summed E-state index contributed by atoms with van der Waals surface area (Å²) in [6, 6.07) is 17.2. The van der Waals surface area contributed by atoms with Crippen LogP contribution < -0.4 is 20.7 Å². The van der Waals surface area contributed by atoms with Gasteiger partial charge in [0.1, 0.15) is 11.5 Å². The normalized spacial score (nSPS) is 13.3. The van der Waals surface area contributed by atoms with Gasteiger partial charge in [-0.15, -0.1) is 0 Å². The van der Waals surface area contributed by atoms with Gasteiger partial charge in [-0.05, 0) is 81.2 Å². The lowest BCUT2D eigenvalue weighted by atomic mass is 10.1. The third-order valence-electron chi connectivity index (χ3n) is 6.35. The van der Waals surface area contributed by atoms with E-state index in [4.69, 9.17) is 9.26 Å². The number of aromatic amines is 1. The van der Waals surface area contributed by atoms with E-state index in [-0.39, 0.29) is 5.91 Å². The smallest absolute Gasteiger partial charge is 0.324 e. The first-order valence-electron chi connectivity index (χ1n) is 13.0. The molecule has 4 aromatic rings. The molecule has 0 aliphatic carbocycles. The van der Waals surface area contributed by atoms with Gasteiger partial charge in [0.2, 0.25) is 0 Å². The summed E-state index contributed by atoms with van der Waals surface area (Å²) >= 11 is 0. The zero-order valence-corrected chi connectivity index (χ0v) is 21.7. The first kappa shape index (κ1) is 26.0. The van der Waals surface area contributed by atoms with E-state index in [1.54, 1.807) is 43.3 Å². The lowest BCUT2D eigenvalue weighted by molar-refractivity contribution is 0.102. The number of hydrogen-bond acceptors (Lipinski definition) is 7. The number of urea groups is 1. The van der Waals surface area contributed by atoms with E-state index in [9.17, 15) is 9.59 Å². The largest absolute Gasteiger partial charge is 0.494 e. The molecule has 1 saturated heterocycles. The number of amides is 3. The van der Waals surface area contributed by atoms with Gasteiger partial charge in [0.05, 0.1) is 12.3 Å². The Kier molecular flexibility index (Phi) is 8.18. The van der Waals surface area contributed by atoms with Crippen molar-refractivity contribution in [3.05, 3.63) is 72.0 Å². The van der Waals surface area contributed by atoms with Gasteiger partial charge in [0.15, 0.2) is 11.6 Å². The highest BCUT2D eigenvalue weighted by molar-refractivity contribution is 6.04. The molecule has 4 N–H and O–H groups in total. The SMILES string of the molecule is Cc1cc(NC(=O)Nc2ccc(-c3cc(NC(=O)c4ccc(OCCCN5CCCC5)cc4)n[nH]3)cc2)no1. The van der Waals surface area contributed by atoms with Crippen molar-refractivity contribution in [3.8, 4) is 17.0 Å². The molecule has 39 heavy (non-hydrogen) atoms. The van der Waals surface area contributed by atoms with Crippen molar-refractivity contribution in [2.75, 3.05) is 42.2 Å². The highest BCUT2D eigenvalue weighted by Gasteiger charge is 2.12. The van der Waals surface area contributed by atoms with Gasteiger partial charge in [-0.3, -0.25) is 15.2 Å². The molecule has 3 heterocycles. The van der Waals surface area contributed by atoms with E-state index in [1.807, 2.05) is 24.3 Å². The Morgan fingerprint density at radius 2 is 1.74 bits per heavy atom. The van der Waals surface area contributed by atoms with Crippen LogP contribution in [0.1, 0.15) is 35.4 Å². The standard InChI is InChI=1S/C28H31N7O4/c1-19-17-26(34-39-19)31-28(37)29-22-9-5-20(6-10-22)24-18-25(33-32-24)30-27(36)21-7-11-23(12-8-21)38-16-4-15-35-13-2-3-14-35/h5-12,17-18H,2-4,13-16H2,1H3,(H2,29,31,34,37)(H2,30,32,33,36). The van der Waals surface area contributed by atoms with Crippen LogP contribution in [0.25, 0.3) is 11.3 Å². The summed E-state index contributed by atoms with van der Waals surface area (Å²) in [5.74, 6) is 1.83. The van der Waals surface area contributed by atoms with Gasteiger partial charge >= 0.3 is 6.03 Å². The summed E-state index contributed by atoms with van der Waals surface area (Å²) in [7, 11) is 0. The van der Waals surface area contributed by atoms with Gasteiger partial charge in [0.25, 0.3) is 5.91 Å². The maximum absolute atomic E-state index is 12.7. The quantitative estimate of drug-likeness (QED) is 0.209. The summed E-state index contributed by atoms with van der Waals surface area (Å²) in [6.45, 7) is 5.85. The predicted molar refractivity (Wildman–Crippen MR) is 148 cm³/mol. The van der Waals surface area contributed by atoms with E-state index < -0.39 is 6.03 Å². The zero-order chi connectivity index (χ0) is 27.0. The van der Waals surface area contributed by atoms with Crippen LogP contribution in [-0.2, 0) is 0 Å². The predicted octanol–water partition coefficient (Wildman–Crippen LogP) is 5.13. The van der Waals surface area contributed by atoms with Crippen LogP contribution >= 0.6 is 0 Å². The number of nitrogens with zero attached hydrogens (tertiary/aromatic N) is 3. The van der Waals surface area contributed by atoms with Crippen LogP contribution in [-0.4, -0.2) is 58.4 Å². The highest BCUT2D eigenvalue weighted by atomic mass is 16.5. The molecular weight excluding hydrogens is 498 g/mol. The summed E-state index contributed by atoms with van der Waals surface area (Å²) in [5, 5.41) is 19.0. The molecule has 2 aromatic carbocycles. The van der Waals surface area contributed by atoms with Crippen molar-refractivity contribution < 1.29 is 18.8 Å². The first-order valence-corrected chi connectivity index (χ1v) is 13.0. The number of rotatable bonds is 10. The number of aromatic nitrogens is 3. The maximum atomic E-state index is 12.7. The minimum Gasteiger partial charge on any atom is -0.494 e. The monoisotopic (exact) mass is 529 g/mol. The Balaban J connectivity index is 1.09. The molecule has 1 aliphatic rings. The number of hydrogen-bond donors (Lipinski definition) is 4. The lowest BCUT2D eigenvalue weighted by Crippen LogP contribution is -2.21. The Labute approximate surface area is 225 Å². The van der Waals surface area contributed by atoms with E-state index in [0.29, 0.717) is 35.3 Å². The lowest BCUT2D eigenvalue weighted by Gasteiger charge is -2.14. The van der Waals surface area contributed by atoms with Crippen LogP contribution in [0, 0.1) is 6.92 Å². The second-order valence-corrected chi connectivity index (χ2v) is 9.38. The number of ether oxygens (including phenoxy) is 1. The molecule has 5 rings (SSSR count). The second-order valence-electron chi connectivity index (χ2n) is 9.38. The molecule has 0 atom stereocenters. The maximum Gasteiger partial charge on any atom is 0.324 e. The average molecular weight is 530 g/mol. The number of H-pyrrole nitrogens is 1. The molecule has 11 heteroatoms. The van der Waals surface area contributed by atoms with E-state index in [1.165, 1.54) is 25.9 Å². The van der Waals surface area contributed by atoms with E-state index >= 15 is 0 Å². The van der Waals surface area contributed by atoms with Crippen molar-refractivity contribution >= 4 is 29.3 Å². The number of benzene rings is 2. The topological polar surface area (TPSA) is 137 Å². The van der Waals surface area contributed by atoms with Crippen molar-refractivity contribution in [2.24, 2.45) is 0 Å².